The number of nitrogens with one attached hydrogen (secondary N) is 2. The summed E-state index contributed by atoms with van der Waals surface area (Å²) in [5.41, 5.74) is 0.807. The summed E-state index contributed by atoms with van der Waals surface area (Å²) in [5, 5.41) is 8.22. The molecule has 6 rings (SSSR count). The molecule has 4 aromatic rings. The number of halogens is 2. The Kier molecular flexibility index (Phi) is 10.3. The first-order chi connectivity index (χ1) is 24.0. The molecular weight excluding hydrogens is 659 g/mol. The third kappa shape index (κ3) is 7.73. The molecule has 0 aliphatic heterocycles. The third-order valence-electron chi connectivity index (χ3n) is 10.3. The highest BCUT2D eigenvalue weighted by molar-refractivity contribution is 6.31. The number of esters is 1. The molecule has 10 heteroatoms. The van der Waals surface area contributed by atoms with Crippen molar-refractivity contribution in [3.63, 3.8) is 0 Å². The highest BCUT2D eigenvalue weighted by Crippen LogP contribution is 2.41. The number of hydrogen-bond donors (Lipinski definition) is 2. The summed E-state index contributed by atoms with van der Waals surface area (Å²) in [4.78, 5) is 40.0. The predicted molar refractivity (Wildman–Crippen MR) is 191 cm³/mol. The van der Waals surface area contributed by atoms with Gasteiger partial charge in [0.1, 0.15) is 12.4 Å². The van der Waals surface area contributed by atoms with Crippen LogP contribution in [-0.2, 0) is 16.1 Å². The maximum atomic E-state index is 15.3. The molecule has 2 amide bonds. The fourth-order valence-electron chi connectivity index (χ4n) is 6.79. The lowest BCUT2D eigenvalue weighted by Gasteiger charge is -2.38. The summed E-state index contributed by atoms with van der Waals surface area (Å²) < 4.78 is 32.5. The van der Waals surface area contributed by atoms with Gasteiger partial charge in [0.25, 0.3) is 11.8 Å². The van der Waals surface area contributed by atoms with Crippen molar-refractivity contribution in [2.75, 3.05) is 19.0 Å². The molecule has 2 aliphatic carbocycles. The lowest BCUT2D eigenvalue weighted by atomic mass is 9.70. The number of amides is 2. The Morgan fingerprint density at radius 2 is 1.62 bits per heavy atom. The number of carbonyl (C=O) groups excluding carboxylic acids is 3. The molecule has 4 aromatic carbocycles. The molecule has 0 spiro atoms. The first kappa shape index (κ1) is 35.2. The van der Waals surface area contributed by atoms with Crippen LogP contribution in [0.5, 0.6) is 11.5 Å². The standard InChI is InChI=1S/C40H42ClFN2O6/c1-39(16-7-17-39)24-43-36(45)30-20-27(41)12-13-33(30)44-37(46)31-21-35(32(42)22-34(31)48-3)50-28-14-18-40(2,19-15-28)38(47)49-23-26-10-6-9-25-8-4-5-11-29(25)26/h4-6,8-13,20-22,28H,7,14-19,23-24H2,1-3H3,(H,43,45)(H,44,46)/t28-,40+. The number of methoxy groups -OCH3 is 1. The van der Waals surface area contributed by atoms with E-state index in [0.29, 0.717) is 37.3 Å². The Morgan fingerprint density at radius 1 is 0.880 bits per heavy atom. The maximum Gasteiger partial charge on any atom is 0.312 e. The first-order valence-corrected chi connectivity index (χ1v) is 17.4. The van der Waals surface area contributed by atoms with E-state index >= 15 is 4.39 Å². The van der Waals surface area contributed by atoms with E-state index in [9.17, 15) is 14.4 Å². The molecule has 2 aliphatic rings. The summed E-state index contributed by atoms with van der Waals surface area (Å²) in [7, 11) is 1.34. The van der Waals surface area contributed by atoms with Gasteiger partial charge in [-0.3, -0.25) is 14.4 Å². The SMILES string of the molecule is COc1cc(F)c(O[C@H]2CC[C@@](C)(C(=O)OCc3cccc4ccccc34)CC2)cc1C(=O)Nc1ccc(Cl)cc1C(=O)NCC1(C)CCC1. The van der Waals surface area contributed by atoms with Gasteiger partial charge in [-0.25, -0.2) is 4.39 Å². The summed E-state index contributed by atoms with van der Waals surface area (Å²) >= 11 is 6.22. The molecule has 2 fully saturated rings. The van der Waals surface area contributed by atoms with Crippen molar-refractivity contribution in [2.24, 2.45) is 10.8 Å². The quantitative estimate of drug-likeness (QED) is 0.152. The summed E-state index contributed by atoms with van der Waals surface area (Å²) in [6.45, 7) is 4.72. The van der Waals surface area contributed by atoms with E-state index in [1.807, 2.05) is 49.4 Å². The number of anilines is 1. The monoisotopic (exact) mass is 700 g/mol. The Labute approximate surface area is 296 Å². The van der Waals surface area contributed by atoms with Crippen molar-refractivity contribution >= 4 is 45.8 Å². The number of rotatable bonds is 11. The van der Waals surface area contributed by atoms with Crippen LogP contribution in [0.25, 0.3) is 10.8 Å². The summed E-state index contributed by atoms with van der Waals surface area (Å²) in [6, 6.07) is 21.0. The second kappa shape index (κ2) is 14.7. The van der Waals surface area contributed by atoms with Crippen molar-refractivity contribution in [2.45, 2.75) is 71.5 Å². The van der Waals surface area contributed by atoms with Crippen LogP contribution >= 0.6 is 11.6 Å². The van der Waals surface area contributed by atoms with Gasteiger partial charge in [-0.15, -0.1) is 0 Å². The normalized spacial score (nSPS) is 19.6. The smallest absolute Gasteiger partial charge is 0.312 e. The molecular formula is C40H42ClFN2O6. The third-order valence-corrected chi connectivity index (χ3v) is 10.5. The van der Waals surface area contributed by atoms with Crippen LogP contribution < -0.4 is 20.1 Å². The van der Waals surface area contributed by atoms with E-state index in [1.54, 1.807) is 12.1 Å². The van der Waals surface area contributed by atoms with Crippen LogP contribution in [0, 0.1) is 16.6 Å². The second-order valence-electron chi connectivity index (χ2n) is 14.1. The lowest BCUT2D eigenvalue weighted by Crippen LogP contribution is -2.40. The average molecular weight is 701 g/mol. The Hall–Kier alpha value is -4.63. The number of hydrogen-bond acceptors (Lipinski definition) is 6. The van der Waals surface area contributed by atoms with Crippen molar-refractivity contribution in [1.82, 2.24) is 5.32 Å². The van der Waals surface area contributed by atoms with Crippen LogP contribution in [-0.4, -0.2) is 37.5 Å². The fourth-order valence-corrected chi connectivity index (χ4v) is 6.96. The van der Waals surface area contributed by atoms with Crippen molar-refractivity contribution in [3.8, 4) is 11.5 Å². The van der Waals surface area contributed by atoms with Gasteiger partial charge in [-0.2, -0.15) is 0 Å². The summed E-state index contributed by atoms with van der Waals surface area (Å²) in [6.07, 6.45) is 4.83. The van der Waals surface area contributed by atoms with Gasteiger partial charge in [0.2, 0.25) is 0 Å². The van der Waals surface area contributed by atoms with Gasteiger partial charge in [0.05, 0.1) is 35.4 Å². The minimum atomic E-state index is -0.702. The molecule has 50 heavy (non-hydrogen) atoms. The van der Waals surface area contributed by atoms with Crippen molar-refractivity contribution in [1.29, 1.82) is 0 Å². The number of benzene rings is 4. The Balaban J connectivity index is 1.10. The van der Waals surface area contributed by atoms with E-state index in [-0.39, 0.29) is 58.3 Å². The van der Waals surface area contributed by atoms with Gasteiger partial charge in [-0.05, 0) is 91.5 Å². The van der Waals surface area contributed by atoms with Gasteiger partial charge < -0.3 is 24.8 Å². The fraction of sp³-hybridized carbons (Fsp3) is 0.375. The first-order valence-electron chi connectivity index (χ1n) is 17.0. The number of fused-ring (bicyclic) bond motifs is 1. The van der Waals surface area contributed by atoms with Gasteiger partial charge in [0, 0.05) is 17.6 Å². The zero-order valence-corrected chi connectivity index (χ0v) is 29.3. The molecule has 0 atom stereocenters. The van der Waals surface area contributed by atoms with Crippen molar-refractivity contribution in [3.05, 3.63) is 100 Å². The van der Waals surface area contributed by atoms with Crippen LogP contribution in [0.2, 0.25) is 5.02 Å². The van der Waals surface area contributed by atoms with Crippen LogP contribution in [0.4, 0.5) is 10.1 Å². The van der Waals surface area contributed by atoms with E-state index < -0.39 is 17.1 Å². The Bertz CT molecular complexity index is 1910. The van der Waals surface area contributed by atoms with E-state index in [2.05, 4.69) is 17.6 Å². The van der Waals surface area contributed by atoms with Crippen molar-refractivity contribution < 1.29 is 33.0 Å². The van der Waals surface area contributed by atoms with Gasteiger partial charge in [-0.1, -0.05) is 67.4 Å². The van der Waals surface area contributed by atoms with Crippen LogP contribution in [0.3, 0.4) is 0 Å². The summed E-state index contributed by atoms with van der Waals surface area (Å²) in [5.74, 6) is -2.02. The lowest BCUT2D eigenvalue weighted by molar-refractivity contribution is -0.159. The van der Waals surface area contributed by atoms with E-state index in [0.717, 1.165) is 41.7 Å². The highest BCUT2D eigenvalue weighted by atomic mass is 35.5. The molecule has 2 N–H and O–H groups in total. The zero-order chi connectivity index (χ0) is 35.5. The average Bonchev–Trinajstić information content (AvgIpc) is 3.10. The molecule has 0 radical (unpaired) electrons. The molecule has 262 valence electrons. The van der Waals surface area contributed by atoms with Crippen LogP contribution in [0.15, 0.2) is 72.8 Å². The maximum absolute atomic E-state index is 15.3. The molecule has 8 nitrogen and oxygen atoms in total. The van der Waals surface area contributed by atoms with E-state index in [1.165, 1.54) is 19.2 Å². The predicted octanol–water partition coefficient (Wildman–Crippen LogP) is 8.88. The van der Waals surface area contributed by atoms with Gasteiger partial charge in [0.15, 0.2) is 11.6 Å². The highest BCUT2D eigenvalue weighted by Gasteiger charge is 2.40. The topological polar surface area (TPSA) is 103 Å². The van der Waals surface area contributed by atoms with E-state index in [4.69, 9.17) is 25.8 Å². The largest absolute Gasteiger partial charge is 0.496 e. The molecule has 0 unspecified atom stereocenters. The Morgan fingerprint density at radius 3 is 2.34 bits per heavy atom. The minimum absolute atomic E-state index is 0.00961. The molecule has 2 saturated carbocycles. The molecule has 0 saturated heterocycles. The molecule has 0 aromatic heterocycles. The van der Waals surface area contributed by atoms with Crippen LogP contribution in [0.1, 0.15) is 85.1 Å². The molecule has 0 bridgehead atoms. The second-order valence-corrected chi connectivity index (χ2v) is 14.5. The van der Waals surface area contributed by atoms with Gasteiger partial charge >= 0.3 is 5.97 Å². The zero-order valence-electron chi connectivity index (χ0n) is 28.6. The minimum Gasteiger partial charge on any atom is -0.496 e. The number of carbonyl (C=O) groups is 3. The number of ether oxygens (including phenoxy) is 3. The molecule has 0 heterocycles.